The first-order valence-electron chi connectivity index (χ1n) is 38.8. The van der Waals surface area contributed by atoms with Crippen LogP contribution in [0.15, 0.2) is 411 Å². The van der Waals surface area contributed by atoms with Gasteiger partial charge >= 0.3 is 0 Å². The molecule has 0 amide bonds. The minimum Gasteiger partial charge on any atom is -0.455 e. The fourth-order valence-electron chi connectivity index (χ4n) is 18.4. The standard InChI is InChI=1S/C107H67N3O2S2/c1-6-27-68(28-7-1)70-49-51-73(52-50-70)88-64-80(65-89-85-40-20-24-47-99(85)113-105(88)89)108(77-54-53-69-29-16-17-34-74(69)63-77)78-56-62-98-93(67-78)107(91-44-26-45-96(104(91)112-98)110(76-37-14-5-15-38-76)95-61-59-82(72-32-10-3-11-33-72)106-102(95)87-42-21-25-48-100(87)114-106)90-43-22-18-39-83(90)84-57-55-79(66-92(84)107)109(75-35-12-4-13-36-75)94-60-58-81(71-30-8-2-9-31-71)103-101(94)86-41-19-23-46-97(86)111-103/h1-67H. The van der Waals surface area contributed by atoms with Crippen LogP contribution in [0.1, 0.15) is 22.3 Å². The van der Waals surface area contributed by atoms with Gasteiger partial charge in [-0.2, -0.15) is 0 Å². The fourth-order valence-corrected chi connectivity index (χ4v) is 20.9. The zero-order chi connectivity index (χ0) is 75.0. The van der Waals surface area contributed by atoms with Crippen LogP contribution in [0.4, 0.5) is 51.2 Å². The third kappa shape index (κ3) is 10.3. The number of rotatable bonds is 13. The molecular weight excluding hydrogens is 1420 g/mol. The van der Waals surface area contributed by atoms with Gasteiger partial charge in [-0.05, 0) is 188 Å². The molecule has 0 radical (unpaired) electrons. The molecule has 2 aliphatic rings. The normalized spacial score (nSPS) is 13.4. The van der Waals surface area contributed by atoms with Crippen LogP contribution >= 0.6 is 22.7 Å². The average molecular weight is 1490 g/mol. The molecule has 1 aliphatic carbocycles. The number of hydrogen-bond donors (Lipinski definition) is 0. The van der Waals surface area contributed by atoms with Crippen LogP contribution in [0.2, 0.25) is 0 Å². The number of para-hydroxylation sites is 4. The molecule has 0 fully saturated rings. The van der Waals surface area contributed by atoms with Crippen LogP contribution in [0, 0.1) is 0 Å². The van der Waals surface area contributed by atoms with Crippen molar-refractivity contribution in [2.75, 3.05) is 14.7 Å². The van der Waals surface area contributed by atoms with Gasteiger partial charge in [0, 0.05) is 102 Å². The molecule has 1 atom stereocenters. The second-order valence-corrected chi connectivity index (χ2v) is 31.8. The number of thiophene rings is 2. The Balaban J connectivity index is 0.808. The van der Waals surface area contributed by atoms with Crippen molar-refractivity contribution in [2.45, 2.75) is 5.41 Å². The number of hydrogen-bond acceptors (Lipinski definition) is 7. The minimum atomic E-state index is -1.05. The summed E-state index contributed by atoms with van der Waals surface area (Å²) in [5.74, 6) is 1.52. The SMILES string of the molecule is c1ccc(-c2ccc(-c3cc(N(c4ccc5c(c4)C4(c6ccccc6-c6ccc(N(c7ccccc7)c7ccc(-c8ccccc8)c8oc9ccccc9c78)cc64)c4cccc(N(c6ccccc6)c6ccc(-c7ccccc7)c7sc8ccccc8c67)c4O5)c4ccc5ccccc5c4)cc4c3sc3ccccc34)cc2)cc1. The van der Waals surface area contributed by atoms with Crippen molar-refractivity contribution in [2.24, 2.45) is 0 Å². The number of furan rings is 1. The van der Waals surface area contributed by atoms with E-state index >= 15 is 0 Å². The van der Waals surface area contributed by atoms with Gasteiger partial charge in [-0.25, -0.2) is 0 Å². The van der Waals surface area contributed by atoms with E-state index in [4.69, 9.17) is 9.15 Å². The molecule has 0 N–H and O–H groups in total. The van der Waals surface area contributed by atoms with Gasteiger partial charge in [0.1, 0.15) is 16.9 Å². The van der Waals surface area contributed by atoms with E-state index in [0.29, 0.717) is 0 Å². The Bertz CT molecular complexity index is 7400. The van der Waals surface area contributed by atoms with Gasteiger partial charge in [-0.3, -0.25) is 0 Å². The number of nitrogens with zero attached hydrogens (tertiary/aromatic N) is 3. The summed E-state index contributed by atoms with van der Waals surface area (Å²) in [4.78, 5) is 7.42. The highest BCUT2D eigenvalue weighted by Gasteiger charge is 2.53. The maximum atomic E-state index is 8.11. The van der Waals surface area contributed by atoms with Crippen molar-refractivity contribution in [1.82, 2.24) is 0 Å². The molecule has 5 nitrogen and oxygen atoms in total. The molecule has 1 unspecified atom stereocenters. The fraction of sp³-hybridized carbons (Fsp3) is 0.00935. The monoisotopic (exact) mass is 1490 g/mol. The number of anilines is 9. The molecule has 21 aromatic rings. The molecule has 0 bridgehead atoms. The molecule has 114 heavy (non-hydrogen) atoms. The first kappa shape index (κ1) is 65.5. The highest BCUT2D eigenvalue weighted by atomic mass is 32.1. The van der Waals surface area contributed by atoms with Crippen molar-refractivity contribution in [3.8, 4) is 67.1 Å². The van der Waals surface area contributed by atoms with Gasteiger partial charge < -0.3 is 23.9 Å². The average Bonchev–Trinajstić information content (AvgIpc) is 1.48. The highest BCUT2D eigenvalue weighted by Crippen LogP contribution is 2.66. The molecule has 0 saturated carbocycles. The van der Waals surface area contributed by atoms with Gasteiger partial charge in [-0.15, -0.1) is 22.7 Å². The Kier molecular flexibility index (Phi) is 15.2. The summed E-state index contributed by atoms with van der Waals surface area (Å²) in [5.41, 5.74) is 25.4. The second-order valence-electron chi connectivity index (χ2n) is 29.7. The molecule has 1 spiro atoms. The Hall–Kier alpha value is -14.3. The smallest absolute Gasteiger partial charge is 0.156 e. The topological polar surface area (TPSA) is 32.1 Å². The summed E-state index contributed by atoms with van der Waals surface area (Å²) in [7, 11) is 0. The van der Waals surface area contributed by atoms with Crippen molar-refractivity contribution < 1.29 is 9.15 Å². The summed E-state index contributed by atoms with van der Waals surface area (Å²) >= 11 is 3.72. The molecular formula is C107H67N3O2S2. The van der Waals surface area contributed by atoms with Gasteiger partial charge in [-0.1, -0.05) is 285 Å². The highest BCUT2D eigenvalue weighted by molar-refractivity contribution is 7.26. The van der Waals surface area contributed by atoms with Crippen molar-refractivity contribution >= 4 is 147 Å². The van der Waals surface area contributed by atoms with E-state index in [1.54, 1.807) is 0 Å². The van der Waals surface area contributed by atoms with Crippen molar-refractivity contribution in [1.29, 1.82) is 0 Å². The zero-order valence-corrected chi connectivity index (χ0v) is 63.3. The molecule has 3 aromatic heterocycles. The first-order valence-corrected chi connectivity index (χ1v) is 40.5. The molecule has 4 heterocycles. The van der Waals surface area contributed by atoms with Crippen LogP contribution in [0.3, 0.4) is 0 Å². The molecule has 7 heteroatoms. The summed E-state index contributed by atoms with van der Waals surface area (Å²) in [6.07, 6.45) is 0. The maximum absolute atomic E-state index is 8.11. The zero-order valence-electron chi connectivity index (χ0n) is 61.7. The van der Waals surface area contributed by atoms with Gasteiger partial charge in [0.2, 0.25) is 0 Å². The Morgan fingerprint density at radius 3 is 1.53 bits per heavy atom. The predicted molar refractivity (Wildman–Crippen MR) is 480 cm³/mol. The number of fused-ring (bicyclic) bond motifs is 19. The second kappa shape index (κ2) is 26.4. The first-order chi connectivity index (χ1) is 56.5. The summed E-state index contributed by atoms with van der Waals surface area (Å²) in [6.45, 7) is 0. The van der Waals surface area contributed by atoms with Crippen LogP contribution in [0.25, 0.3) is 129 Å². The Morgan fingerprint density at radius 2 is 0.763 bits per heavy atom. The number of benzene rings is 18. The summed E-state index contributed by atoms with van der Waals surface area (Å²) in [5, 5.41) is 9.20. The predicted octanol–water partition coefficient (Wildman–Crippen LogP) is 31.0. The lowest BCUT2D eigenvalue weighted by Crippen LogP contribution is -2.33. The third-order valence-electron chi connectivity index (χ3n) is 23.5. The third-order valence-corrected chi connectivity index (χ3v) is 25.9. The van der Waals surface area contributed by atoms with Crippen molar-refractivity contribution in [3.05, 3.63) is 429 Å². The van der Waals surface area contributed by atoms with Crippen LogP contribution in [-0.2, 0) is 5.41 Å². The van der Waals surface area contributed by atoms with E-state index in [1.807, 2.05) is 22.7 Å². The van der Waals surface area contributed by atoms with E-state index in [-0.39, 0.29) is 0 Å². The van der Waals surface area contributed by atoms with Crippen molar-refractivity contribution in [3.63, 3.8) is 0 Å². The quantitative estimate of drug-likeness (QED) is 0.115. The lowest BCUT2D eigenvalue weighted by molar-refractivity contribution is 0.437. The molecule has 1 aliphatic heterocycles. The van der Waals surface area contributed by atoms with Gasteiger partial charge in [0.25, 0.3) is 0 Å². The summed E-state index contributed by atoms with van der Waals surface area (Å²) in [6, 6.07) is 149. The van der Waals surface area contributed by atoms with E-state index in [1.165, 1.54) is 73.5 Å². The lowest BCUT2D eigenvalue weighted by atomic mass is 9.65. The summed E-state index contributed by atoms with van der Waals surface area (Å²) < 4.78 is 20.1. The van der Waals surface area contributed by atoms with Crippen LogP contribution in [0.5, 0.6) is 11.5 Å². The minimum absolute atomic E-state index is 0.755. The van der Waals surface area contributed by atoms with Gasteiger partial charge in [0.05, 0.1) is 27.9 Å². The lowest BCUT2D eigenvalue weighted by Gasteiger charge is -2.42. The van der Waals surface area contributed by atoms with Gasteiger partial charge in [0.15, 0.2) is 5.75 Å². The van der Waals surface area contributed by atoms with E-state index < -0.39 is 5.41 Å². The Labute approximate surface area is 667 Å². The van der Waals surface area contributed by atoms with Crippen LogP contribution < -0.4 is 19.4 Å². The van der Waals surface area contributed by atoms with E-state index in [0.717, 1.165) is 140 Å². The number of ether oxygens (including phenoxy) is 1. The molecule has 534 valence electrons. The molecule has 23 rings (SSSR count). The molecule has 18 aromatic carbocycles. The van der Waals surface area contributed by atoms with Crippen LogP contribution in [-0.4, -0.2) is 0 Å². The Morgan fingerprint density at radius 1 is 0.246 bits per heavy atom. The maximum Gasteiger partial charge on any atom is 0.156 e. The molecule has 0 saturated heterocycles. The largest absolute Gasteiger partial charge is 0.455 e. The van der Waals surface area contributed by atoms with E-state index in [9.17, 15) is 0 Å². The van der Waals surface area contributed by atoms with E-state index in [2.05, 4.69) is 421 Å².